The number of rotatable bonds is 3. The van der Waals surface area contributed by atoms with Crippen LogP contribution < -0.4 is 5.73 Å². The van der Waals surface area contributed by atoms with Gasteiger partial charge >= 0.3 is 0 Å². The topological polar surface area (TPSA) is 35.2 Å². The van der Waals surface area contributed by atoms with Gasteiger partial charge in [-0.1, -0.05) is 5.92 Å². The monoisotopic (exact) mass is 98.1 g/mol. The summed E-state index contributed by atoms with van der Waals surface area (Å²) in [7, 11) is 0. The SMILES string of the molecule is [C]#CCOCCN. The van der Waals surface area contributed by atoms with Gasteiger partial charge in [0.05, 0.1) is 6.61 Å². The van der Waals surface area contributed by atoms with Gasteiger partial charge in [-0.05, 0) is 6.42 Å². The molecule has 0 bridgehead atoms. The minimum Gasteiger partial charge on any atom is -0.367 e. The summed E-state index contributed by atoms with van der Waals surface area (Å²) in [5, 5.41) is 0. The van der Waals surface area contributed by atoms with E-state index in [1.54, 1.807) is 0 Å². The quantitative estimate of drug-likeness (QED) is 0.383. The van der Waals surface area contributed by atoms with Crippen molar-refractivity contribution in [3.05, 3.63) is 6.42 Å². The molecule has 0 rings (SSSR count). The highest BCUT2D eigenvalue weighted by Gasteiger charge is 1.75. The first kappa shape index (κ1) is 6.48. The summed E-state index contributed by atoms with van der Waals surface area (Å²) in [4.78, 5) is 0. The lowest BCUT2D eigenvalue weighted by Gasteiger charge is -1.91. The zero-order chi connectivity index (χ0) is 5.54. The summed E-state index contributed by atoms with van der Waals surface area (Å²) in [6, 6.07) is 0. The second-order valence-electron chi connectivity index (χ2n) is 1.02. The third-order valence-corrected chi connectivity index (χ3v) is 0.436. The first-order valence-corrected chi connectivity index (χ1v) is 2.09. The lowest BCUT2D eigenvalue weighted by Crippen LogP contribution is -2.07. The van der Waals surface area contributed by atoms with Gasteiger partial charge in [-0.15, -0.1) is 0 Å². The van der Waals surface area contributed by atoms with Crippen molar-refractivity contribution in [2.75, 3.05) is 19.8 Å². The minimum absolute atomic E-state index is 0.261. The van der Waals surface area contributed by atoms with E-state index >= 15 is 0 Å². The van der Waals surface area contributed by atoms with Crippen LogP contribution in [0, 0.1) is 12.3 Å². The van der Waals surface area contributed by atoms with Gasteiger partial charge in [-0.3, -0.25) is 0 Å². The molecular formula is C5H8NO. The Balaban J connectivity index is 2.60. The standard InChI is InChI=1S/C5H8NO/c1-2-4-7-5-3-6/h3-6H2. The number of nitrogens with two attached hydrogens (primary N) is 1. The molecule has 0 aliphatic carbocycles. The number of ether oxygens (including phenoxy) is 1. The summed E-state index contributed by atoms with van der Waals surface area (Å²) >= 11 is 0. The van der Waals surface area contributed by atoms with Crippen molar-refractivity contribution in [3.8, 4) is 5.92 Å². The third-order valence-electron chi connectivity index (χ3n) is 0.436. The third kappa shape index (κ3) is 5.48. The maximum Gasteiger partial charge on any atom is 0.108 e. The molecule has 7 heavy (non-hydrogen) atoms. The average Bonchev–Trinajstić information content (AvgIpc) is 1.69. The minimum atomic E-state index is 0.261. The molecule has 0 aliphatic heterocycles. The molecule has 0 fully saturated rings. The van der Waals surface area contributed by atoms with Crippen molar-refractivity contribution >= 4 is 0 Å². The van der Waals surface area contributed by atoms with Crippen LogP contribution in [0.1, 0.15) is 0 Å². The van der Waals surface area contributed by atoms with Crippen molar-refractivity contribution in [2.24, 2.45) is 5.73 Å². The second kappa shape index (κ2) is 5.48. The summed E-state index contributed by atoms with van der Waals surface area (Å²) < 4.78 is 4.71. The maximum absolute atomic E-state index is 6.37. The predicted octanol–water partition coefficient (Wildman–Crippen LogP) is -0.449. The zero-order valence-corrected chi connectivity index (χ0v) is 4.11. The van der Waals surface area contributed by atoms with Crippen LogP contribution in [0.25, 0.3) is 0 Å². The van der Waals surface area contributed by atoms with Crippen molar-refractivity contribution in [1.82, 2.24) is 0 Å². The normalized spacial score (nSPS) is 8.00. The molecule has 0 aromatic carbocycles. The predicted molar refractivity (Wildman–Crippen MR) is 27.0 cm³/mol. The molecule has 2 heteroatoms. The van der Waals surface area contributed by atoms with E-state index in [-0.39, 0.29) is 6.61 Å². The van der Waals surface area contributed by atoms with Gasteiger partial charge in [0.1, 0.15) is 6.61 Å². The maximum atomic E-state index is 6.37. The molecule has 0 unspecified atom stereocenters. The molecule has 0 aromatic rings. The van der Waals surface area contributed by atoms with Crippen LogP contribution in [0.3, 0.4) is 0 Å². The molecule has 0 saturated carbocycles. The van der Waals surface area contributed by atoms with E-state index in [0.717, 1.165) is 0 Å². The van der Waals surface area contributed by atoms with E-state index in [0.29, 0.717) is 13.2 Å². The fraction of sp³-hybridized carbons (Fsp3) is 0.600. The number of hydrogen-bond acceptors (Lipinski definition) is 2. The summed E-state index contributed by atoms with van der Waals surface area (Å²) in [5.74, 6) is 2.07. The van der Waals surface area contributed by atoms with E-state index in [1.807, 2.05) is 0 Å². The van der Waals surface area contributed by atoms with Crippen LogP contribution in [-0.2, 0) is 4.74 Å². The van der Waals surface area contributed by atoms with Crippen molar-refractivity contribution in [1.29, 1.82) is 0 Å². The van der Waals surface area contributed by atoms with Crippen LogP contribution in [0.2, 0.25) is 0 Å². The molecule has 2 N–H and O–H groups in total. The zero-order valence-electron chi connectivity index (χ0n) is 4.11. The Bertz CT molecular complexity index is 65.0. The molecule has 0 saturated heterocycles. The smallest absolute Gasteiger partial charge is 0.108 e. The molecule has 0 spiro atoms. The molecule has 1 radical (unpaired) electrons. The van der Waals surface area contributed by atoms with Gasteiger partial charge in [0.15, 0.2) is 0 Å². The van der Waals surface area contributed by atoms with Crippen LogP contribution in [0.15, 0.2) is 0 Å². The molecule has 0 aromatic heterocycles. The van der Waals surface area contributed by atoms with Crippen molar-refractivity contribution in [3.63, 3.8) is 0 Å². The van der Waals surface area contributed by atoms with E-state index in [9.17, 15) is 0 Å². The van der Waals surface area contributed by atoms with Crippen LogP contribution in [0.5, 0.6) is 0 Å². The first-order valence-electron chi connectivity index (χ1n) is 2.09. The highest BCUT2D eigenvalue weighted by molar-refractivity contribution is 4.73. The van der Waals surface area contributed by atoms with Crippen LogP contribution >= 0.6 is 0 Å². The van der Waals surface area contributed by atoms with Gasteiger partial charge in [0, 0.05) is 6.54 Å². The average molecular weight is 98.1 g/mol. The largest absolute Gasteiger partial charge is 0.367 e. The Morgan fingerprint density at radius 2 is 2.43 bits per heavy atom. The van der Waals surface area contributed by atoms with Gasteiger partial charge < -0.3 is 10.5 Å². The highest BCUT2D eigenvalue weighted by Crippen LogP contribution is 1.65. The van der Waals surface area contributed by atoms with E-state index in [1.165, 1.54) is 0 Å². The molecule has 0 heterocycles. The van der Waals surface area contributed by atoms with Gasteiger partial charge in [-0.25, -0.2) is 0 Å². The Kier molecular flexibility index (Phi) is 5.07. The Labute approximate surface area is 43.7 Å². The summed E-state index contributed by atoms with van der Waals surface area (Å²) in [6.07, 6.45) is 6.37. The Hall–Kier alpha value is -0.520. The molecule has 0 amide bonds. The summed E-state index contributed by atoms with van der Waals surface area (Å²) in [6.45, 7) is 1.30. The van der Waals surface area contributed by atoms with Gasteiger partial charge in [0.2, 0.25) is 0 Å². The number of hydrogen-bond donors (Lipinski definition) is 1. The molecular weight excluding hydrogens is 90.1 g/mol. The molecule has 0 atom stereocenters. The van der Waals surface area contributed by atoms with Gasteiger partial charge in [-0.2, -0.15) is 0 Å². The fourth-order valence-corrected chi connectivity index (χ4v) is 0.207. The molecule has 39 valence electrons. The lowest BCUT2D eigenvalue weighted by molar-refractivity contribution is 0.175. The fourth-order valence-electron chi connectivity index (χ4n) is 0.207. The first-order chi connectivity index (χ1) is 3.41. The second-order valence-corrected chi connectivity index (χ2v) is 1.02. The van der Waals surface area contributed by atoms with E-state index in [4.69, 9.17) is 16.9 Å². The summed E-state index contributed by atoms with van der Waals surface area (Å²) in [5.41, 5.74) is 5.06. The van der Waals surface area contributed by atoms with Crippen LogP contribution in [0.4, 0.5) is 0 Å². The Morgan fingerprint density at radius 3 is 2.86 bits per heavy atom. The highest BCUT2D eigenvalue weighted by atomic mass is 16.5. The van der Waals surface area contributed by atoms with E-state index in [2.05, 4.69) is 5.92 Å². The van der Waals surface area contributed by atoms with E-state index < -0.39 is 0 Å². The molecule has 2 nitrogen and oxygen atoms in total. The molecule has 0 aliphatic rings. The van der Waals surface area contributed by atoms with Gasteiger partial charge in [0.25, 0.3) is 0 Å². The van der Waals surface area contributed by atoms with Crippen LogP contribution in [-0.4, -0.2) is 19.8 Å². The lowest BCUT2D eigenvalue weighted by atomic mass is 10.7. The Morgan fingerprint density at radius 1 is 1.71 bits per heavy atom. The van der Waals surface area contributed by atoms with Crippen molar-refractivity contribution in [2.45, 2.75) is 0 Å². The van der Waals surface area contributed by atoms with Crippen molar-refractivity contribution < 1.29 is 4.74 Å².